The number of nitrogens with zero attached hydrogens (tertiary/aromatic N) is 2. The van der Waals surface area contributed by atoms with Crippen LogP contribution in [0.15, 0.2) is 24.3 Å². The molecule has 2 aliphatic rings. The summed E-state index contributed by atoms with van der Waals surface area (Å²) in [5, 5.41) is 5.75. The summed E-state index contributed by atoms with van der Waals surface area (Å²) in [5.74, 6) is -0.217. The SMILES string of the molecule is C[C@@H]1CNCCN1C(=O)c1ccc(CN2C(=O)CNC2=O)cc1.Cl. The van der Waals surface area contributed by atoms with Gasteiger partial charge in [0.1, 0.15) is 0 Å². The molecule has 130 valence electrons. The lowest BCUT2D eigenvalue weighted by Gasteiger charge is -2.34. The molecule has 0 spiro atoms. The Morgan fingerprint density at radius 2 is 1.96 bits per heavy atom. The van der Waals surface area contributed by atoms with Crippen LogP contribution < -0.4 is 10.6 Å². The van der Waals surface area contributed by atoms with E-state index in [1.165, 1.54) is 4.90 Å². The minimum Gasteiger partial charge on any atom is -0.333 e. The first kappa shape index (κ1) is 18.2. The van der Waals surface area contributed by atoms with Crippen LogP contribution in [0, 0.1) is 0 Å². The van der Waals surface area contributed by atoms with E-state index in [4.69, 9.17) is 0 Å². The van der Waals surface area contributed by atoms with Gasteiger partial charge >= 0.3 is 6.03 Å². The van der Waals surface area contributed by atoms with E-state index in [-0.39, 0.29) is 49.4 Å². The normalized spacial score (nSPS) is 20.6. The Kier molecular flexibility index (Phi) is 5.80. The van der Waals surface area contributed by atoms with Crippen molar-refractivity contribution in [2.45, 2.75) is 19.5 Å². The molecule has 4 amide bonds. The highest BCUT2D eigenvalue weighted by Gasteiger charge is 2.28. The second-order valence-corrected chi connectivity index (χ2v) is 5.89. The summed E-state index contributed by atoms with van der Waals surface area (Å²) < 4.78 is 0. The Balaban J connectivity index is 0.00000208. The van der Waals surface area contributed by atoms with Crippen LogP contribution in [0.2, 0.25) is 0 Å². The van der Waals surface area contributed by atoms with Gasteiger partial charge < -0.3 is 15.5 Å². The van der Waals surface area contributed by atoms with Crippen LogP contribution in [0.5, 0.6) is 0 Å². The van der Waals surface area contributed by atoms with E-state index >= 15 is 0 Å². The molecule has 2 saturated heterocycles. The summed E-state index contributed by atoms with van der Waals surface area (Å²) in [6.45, 7) is 4.61. The molecule has 2 heterocycles. The summed E-state index contributed by atoms with van der Waals surface area (Å²) in [5.41, 5.74) is 1.44. The fourth-order valence-corrected chi connectivity index (χ4v) is 2.86. The van der Waals surface area contributed by atoms with E-state index < -0.39 is 0 Å². The predicted octanol–water partition coefficient (Wildman–Crippen LogP) is 0.594. The average molecular weight is 353 g/mol. The number of amides is 4. The Morgan fingerprint density at radius 1 is 1.25 bits per heavy atom. The number of benzene rings is 1. The summed E-state index contributed by atoms with van der Waals surface area (Å²) in [6, 6.07) is 6.89. The fraction of sp³-hybridized carbons (Fsp3) is 0.438. The van der Waals surface area contributed by atoms with Crippen molar-refractivity contribution < 1.29 is 14.4 Å². The molecule has 7 nitrogen and oxygen atoms in total. The molecule has 2 fully saturated rings. The summed E-state index contributed by atoms with van der Waals surface area (Å²) in [7, 11) is 0. The second-order valence-electron chi connectivity index (χ2n) is 5.89. The molecule has 2 aliphatic heterocycles. The van der Waals surface area contributed by atoms with Gasteiger partial charge in [0.2, 0.25) is 5.91 Å². The number of hydrogen-bond acceptors (Lipinski definition) is 4. The van der Waals surface area contributed by atoms with Gasteiger partial charge in [-0.1, -0.05) is 12.1 Å². The first-order valence-corrected chi connectivity index (χ1v) is 7.75. The van der Waals surface area contributed by atoms with Crippen LogP contribution >= 0.6 is 12.4 Å². The van der Waals surface area contributed by atoms with Crippen LogP contribution in [0.25, 0.3) is 0 Å². The molecule has 24 heavy (non-hydrogen) atoms. The van der Waals surface area contributed by atoms with Gasteiger partial charge in [0.05, 0.1) is 13.1 Å². The molecule has 0 aromatic heterocycles. The van der Waals surface area contributed by atoms with Crippen molar-refractivity contribution in [3.8, 4) is 0 Å². The minimum atomic E-state index is -0.371. The van der Waals surface area contributed by atoms with Gasteiger partial charge in [-0.05, 0) is 24.6 Å². The number of imide groups is 1. The summed E-state index contributed by atoms with van der Waals surface area (Å²) in [6.07, 6.45) is 0. The molecule has 0 radical (unpaired) electrons. The molecule has 1 aromatic carbocycles. The number of hydrogen-bond donors (Lipinski definition) is 2. The van der Waals surface area contributed by atoms with Gasteiger partial charge in [-0.2, -0.15) is 0 Å². The van der Waals surface area contributed by atoms with Crippen molar-refractivity contribution >= 4 is 30.3 Å². The van der Waals surface area contributed by atoms with Crippen LogP contribution in [-0.2, 0) is 11.3 Å². The van der Waals surface area contributed by atoms with Gasteiger partial charge in [-0.25, -0.2) is 4.79 Å². The number of carbonyl (C=O) groups is 3. The number of halogens is 1. The zero-order valence-electron chi connectivity index (χ0n) is 13.4. The van der Waals surface area contributed by atoms with E-state index in [2.05, 4.69) is 10.6 Å². The van der Waals surface area contributed by atoms with Crippen molar-refractivity contribution in [2.24, 2.45) is 0 Å². The number of carbonyl (C=O) groups excluding carboxylic acids is 3. The molecule has 0 aliphatic carbocycles. The third-order valence-electron chi connectivity index (χ3n) is 4.24. The maximum absolute atomic E-state index is 12.5. The van der Waals surface area contributed by atoms with Crippen LogP contribution in [0.3, 0.4) is 0 Å². The fourth-order valence-electron chi connectivity index (χ4n) is 2.86. The standard InChI is InChI=1S/C16H20N4O3.ClH/c1-11-8-17-6-7-19(11)15(22)13-4-2-12(3-5-13)10-20-14(21)9-18-16(20)23;/h2-5,11,17H,6-10H2,1H3,(H,18,23);1H/t11-;/m1./s1. The van der Waals surface area contributed by atoms with Gasteiger partial charge in [0.25, 0.3) is 5.91 Å². The third kappa shape index (κ3) is 3.68. The molecule has 1 aromatic rings. The molecule has 3 rings (SSSR count). The van der Waals surface area contributed by atoms with Crippen LogP contribution in [0.4, 0.5) is 4.79 Å². The first-order valence-electron chi connectivity index (χ1n) is 7.75. The average Bonchev–Trinajstić information content (AvgIpc) is 2.87. The molecule has 8 heteroatoms. The van der Waals surface area contributed by atoms with Crippen LogP contribution in [0.1, 0.15) is 22.8 Å². The Labute approximate surface area is 146 Å². The van der Waals surface area contributed by atoms with Crippen molar-refractivity contribution in [1.29, 1.82) is 0 Å². The van der Waals surface area contributed by atoms with Crippen molar-refractivity contribution in [3.63, 3.8) is 0 Å². The van der Waals surface area contributed by atoms with Crippen molar-refractivity contribution in [1.82, 2.24) is 20.4 Å². The van der Waals surface area contributed by atoms with E-state index in [1.54, 1.807) is 24.3 Å². The van der Waals surface area contributed by atoms with Gasteiger partial charge in [0, 0.05) is 31.2 Å². The van der Waals surface area contributed by atoms with Gasteiger partial charge in [-0.3, -0.25) is 14.5 Å². The highest BCUT2D eigenvalue weighted by molar-refractivity contribution is 6.01. The molecule has 2 N–H and O–H groups in total. The first-order chi connectivity index (χ1) is 11.1. The minimum absolute atomic E-state index is 0. The number of piperazine rings is 1. The largest absolute Gasteiger partial charge is 0.333 e. The van der Waals surface area contributed by atoms with E-state index in [0.29, 0.717) is 12.1 Å². The van der Waals surface area contributed by atoms with Crippen molar-refractivity contribution in [3.05, 3.63) is 35.4 Å². The zero-order chi connectivity index (χ0) is 16.4. The molecule has 0 unspecified atom stereocenters. The lowest BCUT2D eigenvalue weighted by Crippen LogP contribution is -2.52. The van der Waals surface area contributed by atoms with E-state index in [9.17, 15) is 14.4 Å². The quantitative estimate of drug-likeness (QED) is 0.780. The lowest BCUT2D eigenvalue weighted by molar-refractivity contribution is -0.125. The zero-order valence-corrected chi connectivity index (χ0v) is 14.3. The smallest absolute Gasteiger partial charge is 0.324 e. The molecule has 1 atom stereocenters. The highest BCUT2D eigenvalue weighted by Crippen LogP contribution is 2.14. The van der Waals surface area contributed by atoms with E-state index in [0.717, 1.165) is 18.7 Å². The maximum atomic E-state index is 12.5. The Morgan fingerprint density at radius 3 is 2.54 bits per heavy atom. The predicted molar refractivity (Wildman–Crippen MR) is 91.0 cm³/mol. The second kappa shape index (κ2) is 7.63. The van der Waals surface area contributed by atoms with Gasteiger partial charge in [0.15, 0.2) is 0 Å². The maximum Gasteiger partial charge on any atom is 0.324 e. The van der Waals surface area contributed by atoms with Crippen LogP contribution in [-0.4, -0.2) is 59.9 Å². The number of urea groups is 1. The molecular formula is C16H21ClN4O3. The lowest BCUT2D eigenvalue weighted by atomic mass is 10.1. The van der Waals surface area contributed by atoms with E-state index in [1.807, 2.05) is 11.8 Å². The Hall–Kier alpha value is -2.12. The topological polar surface area (TPSA) is 81.8 Å². The van der Waals surface area contributed by atoms with Crippen molar-refractivity contribution in [2.75, 3.05) is 26.2 Å². The molecular weight excluding hydrogens is 332 g/mol. The summed E-state index contributed by atoms with van der Waals surface area (Å²) >= 11 is 0. The summed E-state index contributed by atoms with van der Waals surface area (Å²) in [4.78, 5) is 38.7. The molecule has 0 bridgehead atoms. The highest BCUT2D eigenvalue weighted by atomic mass is 35.5. The third-order valence-corrected chi connectivity index (χ3v) is 4.24. The van der Waals surface area contributed by atoms with Gasteiger partial charge in [-0.15, -0.1) is 12.4 Å². The monoisotopic (exact) mass is 352 g/mol. The number of nitrogens with one attached hydrogen (secondary N) is 2. The molecule has 0 saturated carbocycles. The Bertz CT molecular complexity index is 619. The number of rotatable bonds is 3.